The van der Waals surface area contributed by atoms with Gasteiger partial charge in [-0.3, -0.25) is 9.69 Å². The predicted molar refractivity (Wildman–Crippen MR) is 90.4 cm³/mol. The van der Waals surface area contributed by atoms with Gasteiger partial charge in [-0.25, -0.2) is 0 Å². The Morgan fingerprint density at radius 1 is 1.27 bits per heavy atom. The van der Waals surface area contributed by atoms with Gasteiger partial charge in [0.2, 0.25) is 5.91 Å². The smallest absolute Gasteiger partial charge is 0.242 e. The normalized spacial score (nSPS) is 17.0. The molecule has 1 saturated heterocycles. The van der Waals surface area contributed by atoms with Gasteiger partial charge in [0.05, 0.1) is 5.54 Å². The molecule has 1 aliphatic rings. The Labute approximate surface area is 134 Å². The Bertz CT molecular complexity index is 478. The minimum atomic E-state index is -0.494. The molecule has 0 spiro atoms. The summed E-state index contributed by atoms with van der Waals surface area (Å²) >= 11 is 0. The largest absolute Gasteiger partial charge is 0.341 e. The summed E-state index contributed by atoms with van der Waals surface area (Å²) in [7, 11) is 0. The van der Waals surface area contributed by atoms with Gasteiger partial charge in [0.1, 0.15) is 0 Å². The van der Waals surface area contributed by atoms with Crippen molar-refractivity contribution in [1.29, 1.82) is 0 Å². The summed E-state index contributed by atoms with van der Waals surface area (Å²) in [4.78, 5) is 17.2. The highest BCUT2D eigenvalue weighted by Gasteiger charge is 2.37. The fourth-order valence-electron chi connectivity index (χ4n) is 3.13. The molecule has 0 atom stereocenters. The molecule has 0 bridgehead atoms. The van der Waals surface area contributed by atoms with E-state index in [0.717, 1.165) is 39.0 Å². The van der Waals surface area contributed by atoms with Crippen molar-refractivity contribution in [1.82, 2.24) is 9.80 Å². The van der Waals surface area contributed by atoms with Crippen LogP contribution in [0.1, 0.15) is 39.2 Å². The van der Waals surface area contributed by atoms with E-state index < -0.39 is 5.54 Å². The molecule has 0 radical (unpaired) electrons. The lowest BCUT2D eigenvalue weighted by atomic mass is 9.96. The van der Waals surface area contributed by atoms with Crippen molar-refractivity contribution in [3.8, 4) is 0 Å². The van der Waals surface area contributed by atoms with E-state index in [-0.39, 0.29) is 11.9 Å². The number of nitrogens with zero attached hydrogens (tertiary/aromatic N) is 2. The average molecular weight is 303 g/mol. The number of hydrogen-bond donors (Lipinski definition) is 1. The molecule has 1 fully saturated rings. The number of amides is 1. The van der Waals surface area contributed by atoms with E-state index in [0.29, 0.717) is 0 Å². The van der Waals surface area contributed by atoms with Crippen molar-refractivity contribution >= 4 is 5.91 Å². The monoisotopic (exact) mass is 303 g/mol. The lowest BCUT2D eigenvalue weighted by Gasteiger charge is -2.42. The molecule has 1 aromatic carbocycles. The Morgan fingerprint density at radius 3 is 2.41 bits per heavy atom. The zero-order chi connectivity index (χ0) is 16.2. The summed E-state index contributed by atoms with van der Waals surface area (Å²) in [6, 6.07) is 10.6. The molecule has 4 nitrogen and oxygen atoms in total. The third-order valence-corrected chi connectivity index (χ3v) is 4.74. The van der Waals surface area contributed by atoms with Gasteiger partial charge in [-0.05, 0) is 38.8 Å². The SMILES string of the molecule is CCN(Cc1ccccc1)C(C)(C)C(=O)N1CCC(N)CC1. The fourth-order valence-corrected chi connectivity index (χ4v) is 3.13. The number of rotatable bonds is 5. The molecule has 122 valence electrons. The number of carbonyl (C=O) groups is 1. The van der Waals surface area contributed by atoms with E-state index in [1.54, 1.807) is 0 Å². The third kappa shape index (κ3) is 3.87. The molecule has 2 N–H and O–H groups in total. The lowest BCUT2D eigenvalue weighted by molar-refractivity contribution is -0.144. The number of carbonyl (C=O) groups excluding carboxylic acids is 1. The fraction of sp³-hybridized carbons (Fsp3) is 0.611. The maximum Gasteiger partial charge on any atom is 0.242 e. The van der Waals surface area contributed by atoms with Crippen LogP contribution in [0.5, 0.6) is 0 Å². The Morgan fingerprint density at radius 2 is 1.86 bits per heavy atom. The van der Waals surface area contributed by atoms with E-state index in [1.165, 1.54) is 5.56 Å². The molecule has 1 amide bonds. The summed E-state index contributed by atoms with van der Waals surface area (Å²) in [5.41, 5.74) is 6.69. The number of hydrogen-bond acceptors (Lipinski definition) is 3. The van der Waals surface area contributed by atoms with Crippen molar-refractivity contribution in [2.45, 2.75) is 51.7 Å². The molecule has 0 unspecified atom stereocenters. The van der Waals surface area contributed by atoms with Crippen LogP contribution in [0.15, 0.2) is 30.3 Å². The summed E-state index contributed by atoms with van der Waals surface area (Å²) < 4.78 is 0. The summed E-state index contributed by atoms with van der Waals surface area (Å²) in [6.07, 6.45) is 1.82. The maximum absolute atomic E-state index is 13.0. The molecule has 1 aromatic rings. The molecule has 0 aromatic heterocycles. The maximum atomic E-state index is 13.0. The van der Waals surface area contributed by atoms with Crippen LogP contribution in [0.3, 0.4) is 0 Å². The Kier molecular flexibility index (Phi) is 5.59. The first kappa shape index (κ1) is 17.0. The van der Waals surface area contributed by atoms with E-state index in [9.17, 15) is 4.79 Å². The van der Waals surface area contributed by atoms with Crippen LogP contribution in [0, 0.1) is 0 Å². The predicted octanol–water partition coefficient (Wildman–Crippen LogP) is 2.24. The highest BCUT2D eigenvalue weighted by molar-refractivity contribution is 5.85. The zero-order valence-corrected chi connectivity index (χ0v) is 14.1. The van der Waals surface area contributed by atoms with Crippen molar-refractivity contribution < 1.29 is 4.79 Å². The van der Waals surface area contributed by atoms with Gasteiger partial charge >= 0.3 is 0 Å². The van der Waals surface area contributed by atoms with Gasteiger partial charge in [-0.15, -0.1) is 0 Å². The second kappa shape index (κ2) is 7.25. The van der Waals surface area contributed by atoms with E-state index in [1.807, 2.05) is 36.9 Å². The number of likely N-dealkylation sites (tertiary alicyclic amines) is 1. The van der Waals surface area contributed by atoms with Gasteiger partial charge in [0, 0.05) is 25.7 Å². The minimum absolute atomic E-state index is 0.220. The van der Waals surface area contributed by atoms with Crippen LogP contribution < -0.4 is 5.73 Å². The Balaban J connectivity index is 2.07. The number of benzene rings is 1. The average Bonchev–Trinajstić information content (AvgIpc) is 2.53. The summed E-state index contributed by atoms with van der Waals surface area (Å²) in [6.45, 7) is 9.40. The van der Waals surface area contributed by atoms with Crippen molar-refractivity contribution in [2.24, 2.45) is 5.73 Å². The zero-order valence-electron chi connectivity index (χ0n) is 14.1. The molecule has 2 rings (SSSR count). The third-order valence-electron chi connectivity index (χ3n) is 4.74. The number of likely N-dealkylation sites (N-methyl/N-ethyl adjacent to an activating group) is 1. The summed E-state index contributed by atoms with van der Waals surface area (Å²) in [5, 5.41) is 0. The molecule has 22 heavy (non-hydrogen) atoms. The van der Waals surface area contributed by atoms with Gasteiger partial charge in [-0.1, -0.05) is 37.3 Å². The lowest BCUT2D eigenvalue weighted by Crippen LogP contribution is -2.57. The molecular formula is C18H29N3O. The molecule has 1 aliphatic heterocycles. The molecule has 0 aliphatic carbocycles. The topological polar surface area (TPSA) is 49.6 Å². The van der Waals surface area contributed by atoms with Crippen molar-refractivity contribution in [3.05, 3.63) is 35.9 Å². The van der Waals surface area contributed by atoms with E-state index in [2.05, 4.69) is 24.0 Å². The summed E-state index contributed by atoms with van der Waals surface area (Å²) in [5.74, 6) is 0.220. The van der Waals surface area contributed by atoms with Crippen LogP contribution in [0.25, 0.3) is 0 Å². The number of piperidine rings is 1. The highest BCUT2D eigenvalue weighted by Crippen LogP contribution is 2.22. The van der Waals surface area contributed by atoms with Crippen LogP contribution in [-0.4, -0.2) is 46.9 Å². The van der Waals surface area contributed by atoms with Gasteiger partial charge in [-0.2, -0.15) is 0 Å². The quantitative estimate of drug-likeness (QED) is 0.907. The second-order valence-corrected chi connectivity index (χ2v) is 6.69. The van der Waals surface area contributed by atoms with Gasteiger partial charge in [0.25, 0.3) is 0 Å². The molecule has 4 heteroatoms. The van der Waals surface area contributed by atoms with Gasteiger partial charge in [0.15, 0.2) is 0 Å². The number of nitrogens with two attached hydrogens (primary N) is 1. The van der Waals surface area contributed by atoms with Crippen LogP contribution in [0.2, 0.25) is 0 Å². The van der Waals surface area contributed by atoms with Crippen LogP contribution in [0.4, 0.5) is 0 Å². The molecule has 1 heterocycles. The Hall–Kier alpha value is -1.39. The van der Waals surface area contributed by atoms with Crippen LogP contribution >= 0.6 is 0 Å². The first-order valence-electron chi connectivity index (χ1n) is 8.29. The molecule has 0 saturated carbocycles. The minimum Gasteiger partial charge on any atom is -0.341 e. The standard InChI is InChI=1S/C18H29N3O/c1-4-21(14-15-8-6-5-7-9-15)18(2,3)17(22)20-12-10-16(19)11-13-20/h5-9,16H,4,10-14,19H2,1-3H3. The first-order chi connectivity index (χ1) is 10.4. The highest BCUT2D eigenvalue weighted by atomic mass is 16.2. The van der Waals surface area contributed by atoms with E-state index in [4.69, 9.17) is 5.73 Å². The van der Waals surface area contributed by atoms with Gasteiger partial charge < -0.3 is 10.6 Å². The second-order valence-electron chi connectivity index (χ2n) is 6.69. The first-order valence-corrected chi connectivity index (χ1v) is 8.29. The van der Waals surface area contributed by atoms with Crippen molar-refractivity contribution in [3.63, 3.8) is 0 Å². The molecular weight excluding hydrogens is 274 g/mol. The van der Waals surface area contributed by atoms with E-state index >= 15 is 0 Å². The van der Waals surface area contributed by atoms with Crippen molar-refractivity contribution in [2.75, 3.05) is 19.6 Å². The van der Waals surface area contributed by atoms with Crippen LogP contribution in [-0.2, 0) is 11.3 Å².